The Hall–Kier alpha value is -8.58. The fourth-order valence-corrected chi connectivity index (χ4v) is 9.93. The Balaban J connectivity index is 1.10. The number of benzene rings is 9. The number of rotatable bonds is 3. The Morgan fingerprint density at radius 3 is 1.77 bits per heavy atom. The molecular weight excluding hydrogens is 735 g/mol. The molecule has 0 saturated carbocycles. The third kappa shape index (κ3) is 4.29. The van der Waals surface area contributed by atoms with E-state index in [1.54, 1.807) is 0 Å². The van der Waals surface area contributed by atoms with Gasteiger partial charge < -0.3 is 18.1 Å². The van der Waals surface area contributed by atoms with Crippen molar-refractivity contribution in [2.45, 2.75) is 0 Å². The molecule has 4 heterocycles. The van der Waals surface area contributed by atoms with E-state index in [2.05, 4.69) is 158 Å². The number of nitriles is 1. The van der Waals surface area contributed by atoms with E-state index in [1.807, 2.05) is 42.5 Å². The summed E-state index contributed by atoms with van der Waals surface area (Å²) >= 11 is 0. The summed E-state index contributed by atoms with van der Waals surface area (Å²) in [5.74, 6) is 0. The van der Waals surface area contributed by atoms with Crippen molar-refractivity contribution in [3.8, 4) is 23.1 Å². The van der Waals surface area contributed by atoms with Crippen LogP contribution in [-0.2, 0) is 0 Å². The van der Waals surface area contributed by atoms with E-state index in [-0.39, 0.29) is 0 Å². The zero-order chi connectivity index (χ0) is 39.6. The van der Waals surface area contributed by atoms with Gasteiger partial charge in [-0.15, -0.1) is 0 Å². The molecule has 6 nitrogen and oxygen atoms in total. The molecule has 0 amide bonds. The summed E-state index contributed by atoms with van der Waals surface area (Å²) < 4.78 is 13.0. The van der Waals surface area contributed by atoms with Crippen molar-refractivity contribution in [3.63, 3.8) is 0 Å². The monoisotopic (exact) mass is 763 g/mol. The quantitative estimate of drug-likeness (QED) is 0.168. The standard InChI is InChI=1S/C54H29N5O/c1-56-43-30-49(33(31-55)26-51(43)59-46-20-10-6-16-38(46)40-29-53-41(28-50(40)59)39-17-7-11-21-52(39)60-53)58-47-25-23-34(27-42(47)54-35-13-3-2-12-32(35)22-24-48(54)58)57-44-18-8-4-14-36(44)37-15-5-9-19-45(37)57/h2-30H. The highest BCUT2D eigenvalue weighted by Gasteiger charge is 2.23. The van der Waals surface area contributed by atoms with E-state index in [9.17, 15) is 5.26 Å². The summed E-state index contributed by atoms with van der Waals surface area (Å²) in [6, 6.07) is 63.5. The molecule has 4 aromatic heterocycles. The molecule has 276 valence electrons. The molecule has 60 heavy (non-hydrogen) atoms. The lowest BCUT2D eigenvalue weighted by Gasteiger charge is -2.16. The van der Waals surface area contributed by atoms with Crippen molar-refractivity contribution in [1.82, 2.24) is 13.7 Å². The average molecular weight is 764 g/mol. The van der Waals surface area contributed by atoms with Crippen LogP contribution in [0.1, 0.15) is 5.56 Å². The zero-order valence-electron chi connectivity index (χ0n) is 31.9. The highest BCUT2D eigenvalue weighted by Crippen LogP contribution is 2.44. The van der Waals surface area contributed by atoms with Crippen LogP contribution >= 0.6 is 0 Å². The van der Waals surface area contributed by atoms with Crippen molar-refractivity contribution in [3.05, 3.63) is 193 Å². The fourth-order valence-electron chi connectivity index (χ4n) is 9.93. The predicted octanol–water partition coefficient (Wildman–Crippen LogP) is 14.5. The van der Waals surface area contributed by atoms with Gasteiger partial charge in [0.25, 0.3) is 0 Å². The maximum absolute atomic E-state index is 11.1. The van der Waals surface area contributed by atoms with E-state index in [0.717, 1.165) is 93.0 Å². The summed E-state index contributed by atoms with van der Waals surface area (Å²) in [5, 5.41) is 22.0. The topological polar surface area (TPSA) is 56.1 Å². The second-order valence-electron chi connectivity index (χ2n) is 15.5. The van der Waals surface area contributed by atoms with Gasteiger partial charge in [-0.1, -0.05) is 103 Å². The van der Waals surface area contributed by atoms with Gasteiger partial charge in [-0.05, 0) is 83.6 Å². The molecule has 0 spiro atoms. The van der Waals surface area contributed by atoms with Crippen LogP contribution < -0.4 is 0 Å². The van der Waals surface area contributed by atoms with Gasteiger partial charge in [-0.25, -0.2) is 4.85 Å². The second-order valence-corrected chi connectivity index (χ2v) is 15.5. The Bertz CT molecular complexity index is 4050. The minimum atomic E-state index is 0.446. The van der Waals surface area contributed by atoms with Gasteiger partial charge >= 0.3 is 0 Å². The van der Waals surface area contributed by atoms with Crippen LogP contribution in [0.3, 0.4) is 0 Å². The Labute approximate surface area is 342 Å². The predicted molar refractivity (Wildman–Crippen MR) is 245 cm³/mol. The molecule has 9 aromatic carbocycles. The molecule has 0 aliphatic carbocycles. The molecule has 0 N–H and O–H groups in total. The van der Waals surface area contributed by atoms with Gasteiger partial charge in [0, 0.05) is 48.8 Å². The molecule has 13 aromatic rings. The lowest BCUT2D eigenvalue weighted by molar-refractivity contribution is 0.669. The molecule has 0 atom stereocenters. The van der Waals surface area contributed by atoms with Crippen LogP contribution in [0.5, 0.6) is 0 Å². The molecule has 0 aliphatic heterocycles. The smallest absolute Gasteiger partial charge is 0.212 e. The first-order chi connectivity index (χ1) is 29.7. The van der Waals surface area contributed by atoms with Gasteiger partial charge in [0.15, 0.2) is 0 Å². The van der Waals surface area contributed by atoms with E-state index in [4.69, 9.17) is 11.0 Å². The van der Waals surface area contributed by atoms with E-state index < -0.39 is 0 Å². The van der Waals surface area contributed by atoms with Gasteiger partial charge in [-0.2, -0.15) is 5.26 Å². The lowest BCUT2D eigenvalue weighted by Crippen LogP contribution is -2.02. The van der Waals surface area contributed by atoms with Crippen molar-refractivity contribution >= 4 is 104 Å². The largest absolute Gasteiger partial charge is 0.456 e. The maximum Gasteiger partial charge on any atom is 0.212 e. The number of hydrogen-bond acceptors (Lipinski definition) is 2. The first-order valence-electron chi connectivity index (χ1n) is 19.9. The molecule has 0 bridgehead atoms. The van der Waals surface area contributed by atoms with Crippen molar-refractivity contribution < 1.29 is 4.42 Å². The van der Waals surface area contributed by atoms with Gasteiger partial charge in [-0.3, -0.25) is 0 Å². The van der Waals surface area contributed by atoms with Crippen LogP contribution in [0.2, 0.25) is 0 Å². The molecule has 0 fully saturated rings. The normalized spacial score (nSPS) is 12.0. The van der Waals surface area contributed by atoms with Gasteiger partial charge in [0.2, 0.25) is 5.69 Å². The third-order valence-corrected chi connectivity index (χ3v) is 12.5. The van der Waals surface area contributed by atoms with Gasteiger partial charge in [0.1, 0.15) is 17.2 Å². The molecule has 0 radical (unpaired) electrons. The van der Waals surface area contributed by atoms with E-state index in [0.29, 0.717) is 22.6 Å². The molecule has 6 heteroatoms. The summed E-state index contributed by atoms with van der Waals surface area (Å²) in [7, 11) is 0. The summed E-state index contributed by atoms with van der Waals surface area (Å²) in [6.07, 6.45) is 0. The van der Waals surface area contributed by atoms with E-state index in [1.165, 1.54) is 10.8 Å². The first kappa shape index (κ1) is 32.5. The van der Waals surface area contributed by atoms with Gasteiger partial charge in [0.05, 0.1) is 56.6 Å². The Morgan fingerprint density at radius 2 is 1.03 bits per heavy atom. The van der Waals surface area contributed by atoms with Crippen LogP contribution in [0, 0.1) is 17.9 Å². The first-order valence-corrected chi connectivity index (χ1v) is 19.9. The van der Waals surface area contributed by atoms with Crippen LogP contribution in [0.4, 0.5) is 5.69 Å². The minimum Gasteiger partial charge on any atom is -0.456 e. The number of para-hydroxylation sites is 4. The SMILES string of the molecule is [C-]#[N+]c1cc(-n2c3ccc(-n4c5ccccc5c5ccccc54)cc3c3c4ccccc4ccc32)c(C#N)cc1-n1c2ccccc2c2cc3oc4ccccc4c3cc21. The van der Waals surface area contributed by atoms with Crippen molar-refractivity contribution in [2.75, 3.05) is 0 Å². The van der Waals surface area contributed by atoms with Crippen LogP contribution in [-0.4, -0.2) is 13.7 Å². The number of nitrogens with zero attached hydrogens (tertiary/aromatic N) is 5. The zero-order valence-corrected chi connectivity index (χ0v) is 31.9. The minimum absolute atomic E-state index is 0.446. The fraction of sp³-hybridized carbons (Fsp3) is 0. The molecule has 13 rings (SSSR count). The van der Waals surface area contributed by atoms with Crippen LogP contribution in [0.15, 0.2) is 180 Å². The number of aromatic nitrogens is 3. The second kappa shape index (κ2) is 12.0. The van der Waals surface area contributed by atoms with Crippen molar-refractivity contribution in [1.29, 1.82) is 5.26 Å². The number of furan rings is 1. The number of fused-ring (bicyclic) bond motifs is 14. The molecular formula is C54H29N5O. The summed E-state index contributed by atoms with van der Waals surface area (Å²) in [4.78, 5) is 4.19. The van der Waals surface area contributed by atoms with Crippen molar-refractivity contribution in [2.24, 2.45) is 0 Å². The summed E-state index contributed by atoms with van der Waals surface area (Å²) in [5.41, 5.74) is 11.0. The highest BCUT2D eigenvalue weighted by atomic mass is 16.3. The Morgan fingerprint density at radius 1 is 0.433 bits per heavy atom. The van der Waals surface area contributed by atoms with E-state index >= 15 is 0 Å². The molecule has 0 unspecified atom stereocenters. The average Bonchev–Trinajstić information content (AvgIpc) is 4.03. The summed E-state index contributed by atoms with van der Waals surface area (Å²) in [6.45, 7) is 8.64. The van der Waals surface area contributed by atoms with Crippen LogP contribution in [0.25, 0.3) is 120 Å². The Kier molecular flexibility index (Phi) is 6.48. The highest BCUT2D eigenvalue weighted by molar-refractivity contribution is 6.22. The third-order valence-electron chi connectivity index (χ3n) is 12.5. The maximum atomic E-state index is 11.1. The number of hydrogen-bond donors (Lipinski definition) is 0. The molecule has 0 aliphatic rings. The lowest BCUT2D eigenvalue weighted by atomic mass is 10.0. The molecule has 0 saturated heterocycles.